The van der Waals surface area contributed by atoms with E-state index in [0.29, 0.717) is 11.3 Å². The molecule has 3 aromatic carbocycles. The van der Waals surface area contributed by atoms with Crippen LogP contribution in [-0.2, 0) is 9.59 Å². The maximum Gasteiger partial charge on any atom is 0.335 e. The highest BCUT2D eigenvalue weighted by molar-refractivity contribution is 6.39. The molecule has 5 heteroatoms. The Morgan fingerprint density at radius 3 is 2.07 bits per heavy atom. The number of hydrogen-bond acceptors (Lipinski definition) is 3. The number of amides is 4. The number of carbonyl (C=O) groups excluding carboxylic acids is 3. The first kappa shape index (κ1) is 18.4. The van der Waals surface area contributed by atoms with E-state index in [9.17, 15) is 14.4 Å². The zero-order valence-electron chi connectivity index (χ0n) is 15.8. The van der Waals surface area contributed by atoms with Gasteiger partial charge in [0.15, 0.2) is 0 Å². The number of nitrogens with one attached hydrogen (secondary N) is 1. The molecular weight excluding hydrogens is 364 g/mol. The number of hydrogen-bond donors (Lipinski definition) is 1. The summed E-state index contributed by atoms with van der Waals surface area (Å²) in [5.41, 5.74) is 3.94. The SMILES string of the molecule is Cc1ccccc1N1C(=O)NC(=O)/C(=C\c2ccc(-c3ccccc3)cc2)C1=O. The van der Waals surface area contributed by atoms with Gasteiger partial charge in [0.05, 0.1) is 5.69 Å². The lowest BCUT2D eigenvalue weighted by Gasteiger charge is -2.27. The number of urea groups is 1. The summed E-state index contributed by atoms with van der Waals surface area (Å²) in [4.78, 5) is 38.6. The van der Waals surface area contributed by atoms with Crippen LogP contribution in [0, 0.1) is 6.92 Å². The Morgan fingerprint density at radius 2 is 1.38 bits per heavy atom. The lowest BCUT2D eigenvalue weighted by atomic mass is 10.0. The first-order chi connectivity index (χ1) is 14.0. The molecule has 0 bridgehead atoms. The zero-order chi connectivity index (χ0) is 20.4. The largest absolute Gasteiger partial charge is 0.335 e. The van der Waals surface area contributed by atoms with Gasteiger partial charge in [0.25, 0.3) is 11.8 Å². The molecule has 0 spiro atoms. The van der Waals surface area contributed by atoms with Crippen LogP contribution in [0.5, 0.6) is 0 Å². The highest BCUT2D eigenvalue weighted by Crippen LogP contribution is 2.25. The predicted molar refractivity (Wildman–Crippen MR) is 112 cm³/mol. The molecule has 3 aromatic rings. The Balaban J connectivity index is 1.67. The van der Waals surface area contributed by atoms with Crippen LogP contribution < -0.4 is 10.2 Å². The predicted octanol–water partition coefficient (Wildman–Crippen LogP) is 4.33. The maximum absolute atomic E-state index is 13.0. The smallest absolute Gasteiger partial charge is 0.273 e. The lowest BCUT2D eigenvalue weighted by Crippen LogP contribution is -2.54. The van der Waals surface area contributed by atoms with E-state index in [1.54, 1.807) is 25.1 Å². The molecule has 29 heavy (non-hydrogen) atoms. The number of para-hydroxylation sites is 1. The number of anilines is 1. The zero-order valence-corrected chi connectivity index (χ0v) is 15.8. The van der Waals surface area contributed by atoms with Crippen LogP contribution >= 0.6 is 0 Å². The third kappa shape index (κ3) is 3.58. The van der Waals surface area contributed by atoms with Crippen molar-refractivity contribution in [2.45, 2.75) is 6.92 Å². The Hall–Kier alpha value is -3.99. The molecule has 0 aromatic heterocycles. The summed E-state index contributed by atoms with van der Waals surface area (Å²) in [6, 6.07) is 23.7. The molecule has 5 nitrogen and oxygen atoms in total. The van der Waals surface area contributed by atoms with Gasteiger partial charge in [0.2, 0.25) is 0 Å². The first-order valence-corrected chi connectivity index (χ1v) is 9.17. The van der Waals surface area contributed by atoms with Crippen LogP contribution in [0.1, 0.15) is 11.1 Å². The highest BCUT2D eigenvalue weighted by Gasteiger charge is 2.37. The molecule has 4 amide bonds. The van der Waals surface area contributed by atoms with Crippen LogP contribution in [0.25, 0.3) is 17.2 Å². The highest BCUT2D eigenvalue weighted by atomic mass is 16.2. The monoisotopic (exact) mass is 382 g/mol. The van der Waals surface area contributed by atoms with Crippen LogP contribution in [0.3, 0.4) is 0 Å². The van der Waals surface area contributed by atoms with Crippen molar-refractivity contribution in [3.05, 3.63) is 95.6 Å². The topological polar surface area (TPSA) is 66.5 Å². The molecule has 0 saturated carbocycles. The average molecular weight is 382 g/mol. The average Bonchev–Trinajstić information content (AvgIpc) is 2.73. The van der Waals surface area contributed by atoms with Gasteiger partial charge >= 0.3 is 6.03 Å². The molecular formula is C24H18N2O3. The standard InChI is InChI=1S/C24H18N2O3/c1-16-7-5-6-10-21(16)26-23(28)20(22(27)25-24(26)29)15-17-11-13-19(14-12-17)18-8-3-2-4-9-18/h2-15H,1H3,(H,25,27,29)/b20-15+. The molecule has 1 fully saturated rings. The molecule has 4 rings (SSSR count). The van der Waals surface area contributed by atoms with E-state index in [-0.39, 0.29) is 5.57 Å². The van der Waals surface area contributed by atoms with Crippen molar-refractivity contribution in [3.8, 4) is 11.1 Å². The summed E-state index contributed by atoms with van der Waals surface area (Å²) in [5.74, 6) is -1.34. The van der Waals surface area contributed by atoms with Crippen molar-refractivity contribution in [1.29, 1.82) is 0 Å². The summed E-state index contributed by atoms with van der Waals surface area (Å²) >= 11 is 0. The second-order valence-electron chi connectivity index (χ2n) is 6.73. The third-order valence-electron chi connectivity index (χ3n) is 4.79. The Morgan fingerprint density at radius 1 is 0.759 bits per heavy atom. The number of carbonyl (C=O) groups is 3. The van der Waals surface area contributed by atoms with E-state index in [4.69, 9.17) is 0 Å². The molecule has 142 valence electrons. The number of nitrogens with zero attached hydrogens (tertiary/aromatic N) is 1. The Bertz CT molecular complexity index is 1130. The van der Waals surface area contributed by atoms with Crippen molar-refractivity contribution < 1.29 is 14.4 Å². The van der Waals surface area contributed by atoms with Crippen molar-refractivity contribution in [3.63, 3.8) is 0 Å². The van der Waals surface area contributed by atoms with Crippen LogP contribution in [0.2, 0.25) is 0 Å². The minimum atomic E-state index is -0.745. The van der Waals surface area contributed by atoms with Gasteiger partial charge < -0.3 is 0 Å². The van der Waals surface area contributed by atoms with Crippen LogP contribution in [0.4, 0.5) is 10.5 Å². The molecule has 0 aliphatic carbocycles. The number of rotatable bonds is 3. The van der Waals surface area contributed by atoms with E-state index >= 15 is 0 Å². The van der Waals surface area contributed by atoms with E-state index in [2.05, 4.69) is 5.32 Å². The summed E-state index contributed by atoms with van der Waals surface area (Å²) in [5, 5.41) is 2.25. The van der Waals surface area contributed by atoms with Gasteiger partial charge in [-0.1, -0.05) is 72.8 Å². The van der Waals surface area contributed by atoms with Crippen molar-refractivity contribution in [2.24, 2.45) is 0 Å². The molecule has 1 saturated heterocycles. The quantitative estimate of drug-likeness (QED) is 0.542. The fourth-order valence-electron chi connectivity index (χ4n) is 3.26. The van der Waals surface area contributed by atoms with Crippen molar-refractivity contribution in [1.82, 2.24) is 5.32 Å². The summed E-state index contributed by atoms with van der Waals surface area (Å²) < 4.78 is 0. The Kier molecular flexibility index (Phi) is 4.79. The van der Waals surface area contributed by atoms with Gasteiger partial charge in [-0.3, -0.25) is 14.9 Å². The van der Waals surface area contributed by atoms with E-state index in [1.807, 2.05) is 60.7 Å². The minimum Gasteiger partial charge on any atom is -0.273 e. The third-order valence-corrected chi connectivity index (χ3v) is 4.79. The minimum absolute atomic E-state index is 0.0830. The molecule has 1 aliphatic heterocycles. The molecule has 0 radical (unpaired) electrons. The maximum atomic E-state index is 13.0. The number of benzene rings is 3. The first-order valence-electron chi connectivity index (χ1n) is 9.17. The summed E-state index contributed by atoms with van der Waals surface area (Å²) in [7, 11) is 0. The van der Waals surface area contributed by atoms with Crippen LogP contribution in [-0.4, -0.2) is 17.8 Å². The number of aryl methyl sites for hydroxylation is 1. The van der Waals surface area contributed by atoms with Gasteiger partial charge in [0.1, 0.15) is 5.57 Å². The fourth-order valence-corrected chi connectivity index (χ4v) is 3.26. The molecule has 0 unspecified atom stereocenters. The molecule has 1 N–H and O–H groups in total. The van der Waals surface area contributed by atoms with Gasteiger partial charge in [0, 0.05) is 0 Å². The van der Waals surface area contributed by atoms with Crippen molar-refractivity contribution in [2.75, 3.05) is 4.90 Å². The summed E-state index contributed by atoms with van der Waals surface area (Å²) in [6.07, 6.45) is 1.50. The van der Waals surface area contributed by atoms with Crippen molar-refractivity contribution >= 4 is 29.6 Å². The van der Waals surface area contributed by atoms with E-state index in [1.165, 1.54) is 6.08 Å². The van der Waals surface area contributed by atoms with Gasteiger partial charge in [-0.05, 0) is 41.3 Å². The molecule has 1 heterocycles. The number of barbiturate groups is 1. The Labute approximate surface area is 168 Å². The van der Waals surface area contributed by atoms with Gasteiger partial charge in [-0.2, -0.15) is 0 Å². The molecule has 1 aliphatic rings. The second-order valence-corrected chi connectivity index (χ2v) is 6.73. The van der Waals surface area contributed by atoms with Gasteiger partial charge in [-0.15, -0.1) is 0 Å². The van der Waals surface area contributed by atoms with E-state index in [0.717, 1.165) is 21.6 Å². The molecule has 0 atom stereocenters. The lowest BCUT2D eigenvalue weighted by molar-refractivity contribution is -0.122. The summed E-state index contributed by atoms with van der Waals surface area (Å²) in [6.45, 7) is 1.80. The second kappa shape index (κ2) is 7.56. The normalized spacial score (nSPS) is 15.6. The fraction of sp³-hybridized carbons (Fsp3) is 0.0417. The number of imide groups is 2. The van der Waals surface area contributed by atoms with Crippen LogP contribution in [0.15, 0.2) is 84.4 Å². The van der Waals surface area contributed by atoms with E-state index < -0.39 is 17.8 Å². The van der Waals surface area contributed by atoms with Gasteiger partial charge in [-0.25, -0.2) is 9.69 Å².